The number of methoxy groups -OCH3 is 2. The van der Waals surface area contributed by atoms with Crippen LogP contribution in [-0.4, -0.2) is 29.7 Å². The van der Waals surface area contributed by atoms with Crippen molar-refractivity contribution in [3.63, 3.8) is 0 Å². The zero-order valence-electron chi connectivity index (χ0n) is 16.2. The van der Waals surface area contributed by atoms with Crippen molar-refractivity contribution in [2.24, 2.45) is 0 Å². The number of hydrogen-bond acceptors (Lipinski definition) is 2. The van der Waals surface area contributed by atoms with E-state index >= 15 is 0 Å². The van der Waals surface area contributed by atoms with Crippen LogP contribution < -0.4 is 4.74 Å². The molecule has 0 saturated carbocycles. The second kappa shape index (κ2) is 28.4. The summed E-state index contributed by atoms with van der Waals surface area (Å²) in [7, 11) is 4.91. The van der Waals surface area contributed by atoms with Crippen LogP contribution >= 0.6 is 0 Å². The summed E-state index contributed by atoms with van der Waals surface area (Å²) in [6.45, 7) is 10.1. The van der Waals surface area contributed by atoms with Gasteiger partial charge in [-0.2, -0.15) is 0 Å². The first kappa shape index (κ1) is 29.3. The fourth-order valence-electron chi connectivity index (χ4n) is 1.09. The highest BCUT2D eigenvalue weighted by molar-refractivity contribution is 5.75. The topological polar surface area (TPSA) is 18.5 Å². The van der Waals surface area contributed by atoms with Crippen LogP contribution in [0.5, 0.6) is 5.75 Å². The number of ether oxygens (including phenoxy) is 2. The average Bonchev–Trinajstić information content (AvgIpc) is 2.61. The molecule has 0 aromatic heterocycles. The van der Waals surface area contributed by atoms with E-state index in [9.17, 15) is 0 Å². The lowest BCUT2D eigenvalue weighted by Crippen LogP contribution is -1.78. The third-order valence-corrected chi connectivity index (χ3v) is 1.92. The molecule has 0 unspecified atom stereocenters. The highest BCUT2D eigenvalue weighted by Gasteiger charge is 1.80. The number of para-hydroxylation sites is 1. The monoisotopic (exact) mass is 317 g/mol. The molecule has 2 aromatic rings. The zero-order chi connectivity index (χ0) is 17.6. The number of aryl methyl sites for hydroxylation is 1. The number of hydrogen-bond donors (Lipinski definition) is 0. The van der Waals surface area contributed by atoms with Crippen molar-refractivity contribution in [1.82, 2.24) is 0 Å². The highest BCUT2D eigenvalue weighted by Crippen LogP contribution is 2.05. The second-order valence-electron chi connectivity index (χ2n) is 3.58. The van der Waals surface area contributed by atoms with Gasteiger partial charge in [-0.3, -0.25) is 0 Å². The Balaban J connectivity index is -0.000000111. The van der Waals surface area contributed by atoms with Crippen LogP contribution in [0.15, 0.2) is 60.7 Å². The molecule has 0 amide bonds. The van der Waals surface area contributed by atoms with Crippen LogP contribution in [0.3, 0.4) is 0 Å². The van der Waals surface area contributed by atoms with Gasteiger partial charge < -0.3 is 9.47 Å². The Bertz CT molecular complexity index is 377. The van der Waals surface area contributed by atoms with E-state index in [0.29, 0.717) is 0 Å². The van der Waals surface area contributed by atoms with Gasteiger partial charge in [-0.05, 0) is 19.1 Å². The van der Waals surface area contributed by atoms with Gasteiger partial charge in [-0.1, -0.05) is 81.8 Å². The van der Waals surface area contributed by atoms with Gasteiger partial charge in [0.15, 0.2) is 0 Å². The minimum atomic E-state index is 0. The Hall–Kier alpha value is -1.74. The summed E-state index contributed by atoms with van der Waals surface area (Å²) in [6.07, 6.45) is 0. The van der Waals surface area contributed by atoms with Gasteiger partial charge in [0, 0.05) is 22.6 Å². The minimum absolute atomic E-state index is 0. The van der Waals surface area contributed by atoms with Gasteiger partial charge in [0.05, 0.1) is 7.11 Å². The van der Waals surface area contributed by atoms with Gasteiger partial charge in [0.1, 0.15) is 5.75 Å². The van der Waals surface area contributed by atoms with Gasteiger partial charge in [-0.15, -0.1) is 0 Å². The summed E-state index contributed by atoms with van der Waals surface area (Å²) >= 11 is 0. The van der Waals surface area contributed by atoms with Crippen molar-refractivity contribution in [2.45, 2.75) is 34.6 Å². The summed E-state index contributed by atoms with van der Waals surface area (Å²) < 4.78 is 9.16. The molecule has 0 spiro atoms. The Morgan fingerprint density at radius 2 is 0.913 bits per heavy atom. The van der Waals surface area contributed by atoms with E-state index in [4.69, 9.17) is 4.74 Å². The molecule has 0 heterocycles. The third kappa shape index (κ3) is 25.6. The Morgan fingerprint density at radius 3 is 1.09 bits per heavy atom. The Labute approximate surface area is 146 Å². The number of rotatable bonds is 1. The van der Waals surface area contributed by atoms with Gasteiger partial charge in [-0.25, -0.2) is 0 Å². The molecule has 0 atom stereocenters. The van der Waals surface area contributed by atoms with Crippen molar-refractivity contribution < 1.29 is 9.47 Å². The summed E-state index contributed by atoms with van der Waals surface area (Å²) in [6, 6.07) is 19.9. The lowest BCUT2D eigenvalue weighted by Gasteiger charge is -1.93. The van der Waals surface area contributed by atoms with Crippen molar-refractivity contribution in [3.05, 3.63) is 66.2 Å². The highest BCUT2D eigenvalue weighted by atomic mass is 16.5. The largest absolute Gasteiger partial charge is 0.497 e. The molecule has 0 bridgehead atoms. The van der Waals surface area contributed by atoms with E-state index in [-0.39, 0.29) is 8.41 Å². The van der Waals surface area contributed by atoms with E-state index in [0.717, 1.165) is 5.75 Å². The molecule has 3 heteroatoms. The van der Waals surface area contributed by atoms with Crippen molar-refractivity contribution in [3.8, 4) is 5.75 Å². The van der Waals surface area contributed by atoms with Gasteiger partial charge in [0.25, 0.3) is 0 Å². The molecule has 2 nitrogen and oxygen atoms in total. The van der Waals surface area contributed by atoms with Crippen molar-refractivity contribution in [1.29, 1.82) is 0 Å². The fourth-order valence-corrected chi connectivity index (χ4v) is 1.09. The molecule has 0 aliphatic carbocycles. The first-order chi connectivity index (χ1) is 10.7. The van der Waals surface area contributed by atoms with Crippen LogP contribution in [0.1, 0.15) is 33.3 Å². The molecule has 2 rings (SSSR count). The molecule has 129 valence electrons. The van der Waals surface area contributed by atoms with E-state index < -0.39 is 0 Å². The van der Waals surface area contributed by atoms with E-state index in [2.05, 4.69) is 23.8 Å². The summed E-state index contributed by atoms with van der Waals surface area (Å²) in [5.74, 6) is 0.910. The lowest BCUT2D eigenvalue weighted by molar-refractivity contribution is 0.277. The Morgan fingerprint density at radius 1 is 0.609 bits per heavy atom. The van der Waals surface area contributed by atoms with Gasteiger partial charge in [0.2, 0.25) is 0 Å². The minimum Gasteiger partial charge on any atom is -0.497 e. The SMILES string of the molecule is CC.CC.COC.COc1ccccc1.Cc1ccccc1.[B]. The predicted octanol–water partition coefficient (Wildman–Crippen LogP) is 5.62. The quantitative estimate of drug-likeness (QED) is 0.635. The fraction of sp³-hybridized carbons (Fsp3) is 0.400. The normalized spacial score (nSPS) is 6.96. The zero-order valence-corrected chi connectivity index (χ0v) is 16.2. The third-order valence-electron chi connectivity index (χ3n) is 1.92. The van der Waals surface area contributed by atoms with Crippen molar-refractivity contribution in [2.75, 3.05) is 21.3 Å². The van der Waals surface area contributed by atoms with E-state index in [1.165, 1.54) is 5.56 Å². The molecule has 0 fully saturated rings. The maximum atomic E-state index is 4.91. The molecule has 0 saturated heterocycles. The lowest BCUT2D eigenvalue weighted by atomic mass is 10.2. The maximum absolute atomic E-state index is 4.91. The maximum Gasteiger partial charge on any atom is 0.118 e. The molecule has 23 heavy (non-hydrogen) atoms. The second-order valence-corrected chi connectivity index (χ2v) is 3.58. The first-order valence-electron chi connectivity index (χ1n) is 7.75. The molecular formula is C20H34BO2. The summed E-state index contributed by atoms with van der Waals surface area (Å²) in [4.78, 5) is 0. The standard InChI is InChI=1S/C7H8O.C7H8.C2H6O.2C2H6.B/c1-8-7-5-3-2-4-6-7;1-7-5-3-2-4-6-7;1-3-2;2*1-2;/h2-6H,1H3;2-6H,1H3;1-2H3;2*1-2H3;. The Kier molecular flexibility index (Phi) is 36.2. The summed E-state index contributed by atoms with van der Waals surface area (Å²) in [5, 5.41) is 0. The van der Waals surface area contributed by atoms with Crippen LogP contribution in [0, 0.1) is 6.92 Å². The van der Waals surface area contributed by atoms with E-state index in [1.807, 2.05) is 76.2 Å². The van der Waals surface area contributed by atoms with E-state index in [1.54, 1.807) is 21.3 Å². The van der Waals surface area contributed by atoms with Crippen LogP contribution in [0.25, 0.3) is 0 Å². The first-order valence-corrected chi connectivity index (χ1v) is 7.75. The smallest absolute Gasteiger partial charge is 0.118 e. The molecule has 0 aliphatic rings. The molecule has 3 radical (unpaired) electrons. The average molecular weight is 317 g/mol. The number of benzene rings is 2. The molecule has 0 aliphatic heterocycles. The molecule has 2 aromatic carbocycles. The van der Waals surface area contributed by atoms with Crippen molar-refractivity contribution >= 4 is 8.41 Å². The predicted molar refractivity (Wildman–Crippen MR) is 106 cm³/mol. The molecule has 0 N–H and O–H groups in total. The molecular weight excluding hydrogens is 283 g/mol. The summed E-state index contributed by atoms with van der Waals surface area (Å²) in [5.41, 5.74) is 1.32. The van der Waals surface area contributed by atoms with Gasteiger partial charge >= 0.3 is 0 Å². The van der Waals surface area contributed by atoms with Crippen LogP contribution in [0.2, 0.25) is 0 Å². The van der Waals surface area contributed by atoms with Crippen LogP contribution in [0.4, 0.5) is 0 Å². The van der Waals surface area contributed by atoms with Crippen LogP contribution in [-0.2, 0) is 4.74 Å².